The zero-order chi connectivity index (χ0) is 19.5. The van der Waals surface area contributed by atoms with E-state index in [1.807, 2.05) is 24.3 Å². The van der Waals surface area contributed by atoms with Gasteiger partial charge in [0.25, 0.3) is 5.91 Å². The maximum absolute atomic E-state index is 12.7. The van der Waals surface area contributed by atoms with Crippen LogP contribution in [-0.4, -0.2) is 46.6 Å². The smallest absolute Gasteiger partial charge is 0.270 e. The number of aromatic nitrogens is 3. The highest BCUT2D eigenvalue weighted by atomic mass is 16.5. The number of carbonyl (C=O) groups excluding carboxylic acids is 1. The molecule has 7 nitrogen and oxygen atoms in total. The normalized spacial score (nSPS) is 15.1. The Morgan fingerprint density at radius 1 is 1.29 bits per heavy atom. The minimum absolute atomic E-state index is 0.0637. The van der Waals surface area contributed by atoms with Gasteiger partial charge in [-0.2, -0.15) is 4.98 Å². The summed E-state index contributed by atoms with van der Waals surface area (Å²) >= 11 is 0. The molecule has 0 spiro atoms. The van der Waals surface area contributed by atoms with Gasteiger partial charge in [-0.05, 0) is 31.0 Å². The van der Waals surface area contributed by atoms with Gasteiger partial charge < -0.3 is 19.1 Å². The van der Waals surface area contributed by atoms with E-state index in [9.17, 15) is 4.79 Å². The lowest BCUT2D eigenvalue weighted by Crippen LogP contribution is -2.29. The number of benzene rings is 1. The molecule has 7 heteroatoms. The highest BCUT2D eigenvalue weighted by Gasteiger charge is 2.22. The van der Waals surface area contributed by atoms with E-state index in [0.29, 0.717) is 30.4 Å². The number of H-pyrrole nitrogens is 1. The van der Waals surface area contributed by atoms with Crippen molar-refractivity contribution in [2.75, 3.05) is 20.7 Å². The number of nitrogens with zero attached hydrogens (tertiary/aromatic N) is 3. The largest absolute Gasteiger partial charge is 0.497 e. The highest BCUT2D eigenvalue weighted by Crippen LogP contribution is 2.31. The topological polar surface area (TPSA) is 84.2 Å². The molecular formula is C21H26N4O3. The van der Waals surface area contributed by atoms with Crippen LogP contribution in [-0.2, 0) is 6.42 Å². The Hall–Kier alpha value is -2.83. The Labute approximate surface area is 164 Å². The van der Waals surface area contributed by atoms with Gasteiger partial charge >= 0.3 is 0 Å². The molecule has 2 aromatic heterocycles. The van der Waals surface area contributed by atoms with E-state index in [0.717, 1.165) is 35.4 Å². The molecule has 3 aromatic rings. The molecule has 0 atom stereocenters. The second-order valence-corrected chi connectivity index (χ2v) is 7.50. The van der Waals surface area contributed by atoms with Crippen molar-refractivity contribution >= 4 is 16.8 Å². The molecule has 28 heavy (non-hydrogen) atoms. The van der Waals surface area contributed by atoms with Crippen molar-refractivity contribution in [2.24, 2.45) is 0 Å². The van der Waals surface area contributed by atoms with Crippen molar-refractivity contribution in [3.63, 3.8) is 0 Å². The van der Waals surface area contributed by atoms with Gasteiger partial charge in [0, 0.05) is 42.9 Å². The molecule has 0 saturated heterocycles. The third kappa shape index (κ3) is 3.88. The minimum Gasteiger partial charge on any atom is -0.497 e. The van der Waals surface area contributed by atoms with E-state index >= 15 is 0 Å². The van der Waals surface area contributed by atoms with Crippen LogP contribution in [0.5, 0.6) is 5.75 Å². The zero-order valence-electron chi connectivity index (χ0n) is 16.4. The minimum atomic E-state index is -0.0637. The van der Waals surface area contributed by atoms with Crippen LogP contribution in [0.25, 0.3) is 10.9 Å². The molecule has 148 valence electrons. The van der Waals surface area contributed by atoms with Crippen molar-refractivity contribution in [1.29, 1.82) is 0 Å². The molecule has 0 radical (unpaired) electrons. The van der Waals surface area contributed by atoms with Crippen LogP contribution in [0.3, 0.4) is 0 Å². The van der Waals surface area contributed by atoms with E-state index < -0.39 is 0 Å². The van der Waals surface area contributed by atoms with Crippen LogP contribution >= 0.6 is 0 Å². The van der Waals surface area contributed by atoms with Gasteiger partial charge in [0.1, 0.15) is 11.4 Å². The van der Waals surface area contributed by atoms with Crippen LogP contribution in [0.15, 0.2) is 28.8 Å². The molecule has 1 fully saturated rings. The van der Waals surface area contributed by atoms with Crippen LogP contribution in [0.1, 0.15) is 60.2 Å². The fourth-order valence-corrected chi connectivity index (χ4v) is 3.81. The number of amides is 1. The standard InChI is InChI=1S/C21H26N4O3/c1-25(11-10-19-23-20(28-24-19)14-6-4-3-5-7-14)21(26)18-12-15-8-9-16(27-2)13-17(15)22-18/h8-9,12-14,22H,3-7,10-11H2,1-2H3. The van der Waals surface area contributed by atoms with Crippen LogP contribution in [0.2, 0.25) is 0 Å². The number of rotatable bonds is 6. The van der Waals surface area contributed by atoms with Crippen molar-refractivity contribution in [2.45, 2.75) is 44.4 Å². The molecule has 0 bridgehead atoms. The number of hydrogen-bond acceptors (Lipinski definition) is 5. The molecule has 1 amide bonds. The van der Waals surface area contributed by atoms with Crippen molar-refractivity contribution < 1.29 is 14.1 Å². The molecule has 4 rings (SSSR count). The number of nitrogens with one attached hydrogen (secondary N) is 1. The molecule has 1 aliphatic carbocycles. The first-order valence-corrected chi connectivity index (χ1v) is 9.89. The third-order valence-electron chi connectivity index (χ3n) is 5.52. The van der Waals surface area contributed by atoms with Gasteiger partial charge in [-0.1, -0.05) is 24.4 Å². The summed E-state index contributed by atoms with van der Waals surface area (Å²) in [6.45, 7) is 0.529. The fourth-order valence-electron chi connectivity index (χ4n) is 3.81. The first-order valence-electron chi connectivity index (χ1n) is 9.89. The van der Waals surface area contributed by atoms with Crippen LogP contribution in [0, 0.1) is 0 Å². The van der Waals surface area contributed by atoms with E-state index in [1.54, 1.807) is 19.1 Å². The van der Waals surface area contributed by atoms with Gasteiger partial charge in [-0.25, -0.2) is 0 Å². The second-order valence-electron chi connectivity index (χ2n) is 7.50. The third-order valence-corrected chi connectivity index (χ3v) is 5.52. The second kappa shape index (κ2) is 8.04. The first kappa shape index (κ1) is 18.5. The zero-order valence-corrected chi connectivity index (χ0v) is 16.4. The van der Waals surface area contributed by atoms with Crippen molar-refractivity contribution in [3.05, 3.63) is 41.7 Å². The molecule has 1 aromatic carbocycles. The average Bonchev–Trinajstić information content (AvgIpc) is 3.38. The molecular weight excluding hydrogens is 356 g/mol. The Morgan fingerprint density at radius 3 is 2.89 bits per heavy atom. The fraction of sp³-hybridized carbons (Fsp3) is 0.476. The van der Waals surface area contributed by atoms with E-state index in [2.05, 4.69) is 15.1 Å². The lowest BCUT2D eigenvalue weighted by atomic mass is 9.89. The summed E-state index contributed by atoms with van der Waals surface area (Å²) in [5, 5.41) is 5.08. The molecule has 2 heterocycles. The predicted molar refractivity (Wildman–Crippen MR) is 106 cm³/mol. The summed E-state index contributed by atoms with van der Waals surface area (Å²) < 4.78 is 10.7. The molecule has 1 aliphatic rings. The average molecular weight is 382 g/mol. The summed E-state index contributed by atoms with van der Waals surface area (Å²) in [6, 6.07) is 7.57. The van der Waals surface area contributed by atoms with Crippen LogP contribution in [0.4, 0.5) is 0 Å². The summed E-state index contributed by atoms with van der Waals surface area (Å²) in [5.74, 6) is 2.52. The SMILES string of the molecule is COc1ccc2cc(C(=O)N(C)CCc3noc(C4CCCCC4)n3)[nH]c2c1. The van der Waals surface area contributed by atoms with Crippen LogP contribution < -0.4 is 4.74 Å². The van der Waals surface area contributed by atoms with Gasteiger partial charge in [0.2, 0.25) is 5.89 Å². The van der Waals surface area contributed by atoms with Gasteiger partial charge in [-0.3, -0.25) is 4.79 Å². The highest BCUT2D eigenvalue weighted by molar-refractivity contribution is 5.98. The quantitative estimate of drug-likeness (QED) is 0.698. The number of methoxy groups -OCH3 is 1. The lowest BCUT2D eigenvalue weighted by molar-refractivity contribution is 0.0791. The molecule has 1 saturated carbocycles. The molecule has 0 unspecified atom stereocenters. The Balaban J connectivity index is 1.37. The van der Waals surface area contributed by atoms with E-state index in [1.165, 1.54) is 19.3 Å². The molecule has 0 aliphatic heterocycles. The van der Waals surface area contributed by atoms with E-state index in [4.69, 9.17) is 9.26 Å². The number of ether oxygens (including phenoxy) is 1. The number of aromatic amines is 1. The Bertz CT molecular complexity index is 956. The summed E-state index contributed by atoms with van der Waals surface area (Å²) in [7, 11) is 3.41. The maximum Gasteiger partial charge on any atom is 0.270 e. The first-order chi connectivity index (χ1) is 13.6. The Kier molecular flexibility index (Phi) is 5.32. The summed E-state index contributed by atoms with van der Waals surface area (Å²) in [5.41, 5.74) is 1.44. The summed E-state index contributed by atoms with van der Waals surface area (Å²) in [4.78, 5) is 22.2. The lowest BCUT2D eigenvalue weighted by Gasteiger charge is -2.17. The number of fused-ring (bicyclic) bond motifs is 1. The van der Waals surface area contributed by atoms with Gasteiger partial charge in [0.05, 0.1) is 7.11 Å². The number of hydrogen-bond donors (Lipinski definition) is 1. The predicted octanol–water partition coefficient (Wildman–Crippen LogP) is 3.92. The summed E-state index contributed by atoms with van der Waals surface area (Å²) in [6.07, 6.45) is 6.60. The maximum atomic E-state index is 12.7. The van der Waals surface area contributed by atoms with Crippen molar-refractivity contribution in [1.82, 2.24) is 20.0 Å². The Morgan fingerprint density at radius 2 is 2.11 bits per heavy atom. The van der Waals surface area contributed by atoms with Gasteiger partial charge in [0.15, 0.2) is 5.82 Å². The van der Waals surface area contributed by atoms with Gasteiger partial charge in [-0.15, -0.1) is 0 Å². The number of likely N-dealkylation sites (N-methyl/N-ethyl adjacent to an activating group) is 1. The van der Waals surface area contributed by atoms with E-state index in [-0.39, 0.29) is 5.91 Å². The number of carbonyl (C=O) groups is 1. The van der Waals surface area contributed by atoms with Crippen molar-refractivity contribution in [3.8, 4) is 5.75 Å². The molecule has 1 N–H and O–H groups in total. The monoisotopic (exact) mass is 382 g/mol.